The Kier molecular flexibility index (Phi) is 15.5. The number of nitrogens with zero attached hydrogens (tertiary/aromatic N) is 1. The van der Waals surface area contributed by atoms with Crippen molar-refractivity contribution in [3.63, 3.8) is 0 Å². The van der Waals surface area contributed by atoms with Crippen LogP contribution in [0.1, 0.15) is 61.0 Å². The molecule has 294 valence electrons. The molecule has 3 rings (SSSR count). The number of amides is 1. The zero-order valence-corrected chi connectivity index (χ0v) is 31.2. The van der Waals surface area contributed by atoms with E-state index >= 15 is 0 Å². The number of ketones is 1. The summed E-state index contributed by atoms with van der Waals surface area (Å²) in [6, 6.07) is 2.83. The van der Waals surface area contributed by atoms with Gasteiger partial charge >= 0.3 is 19.9 Å². The minimum Gasteiger partial charge on any atom is -0.491 e. The zero-order valence-electron chi connectivity index (χ0n) is 30.3. The number of halogens is 2. The predicted molar refractivity (Wildman–Crippen MR) is 179 cm³/mol. The Bertz CT molecular complexity index is 1720. The summed E-state index contributed by atoms with van der Waals surface area (Å²) < 4.78 is 88.4. The molecule has 0 saturated carbocycles. The molecule has 53 heavy (non-hydrogen) atoms. The Morgan fingerprint density at radius 1 is 1.00 bits per heavy atom. The number of methoxy groups -OCH3 is 2. The highest BCUT2D eigenvalue weighted by Gasteiger charge is 2.49. The van der Waals surface area contributed by atoms with Crippen LogP contribution in [0.4, 0.5) is 18.4 Å². The number of carbonyl (C=O) groups excluding carboxylic acids is 4. The van der Waals surface area contributed by atoms with E-state index in [1.54, 1.807) is 27.7 Å². The number of Topliss-reactive ketones (excluding diaryl/α,β-unsaturated/α-hetero) is 1. The summed E-state index contributed by atoms with van der Waals surface area (Å²) in [6.45, 7) is 5.02. The molecule has 1 aliphatic heterocycles. The molecule has 17 nitrogen and oxygen atoms in total. The number of fused-ring (bicyclic) bond motifs is 1. The topological polar surface area (TPSA) is 202 Å². The van der Waals surface area contributed by atoms with Crippen molar-refractivity contribution in [1.82, 2.24) is 9.88 Å². The second-order valence-electron chi connectivity index (χ2n) is 12.3. The molecule has 1 aromatic heterocycles. The molecule has 1 aliphatic rings. The first-order valence-electron chi connectivity index (χ1n) is 16.2. The summed E-state index contributed by atoms with van der Waals surface area (Å²) in [7, 11) is -1.71. The van der Waals surface area contributed by atoms with Gasteiger partial charge in [-0.25, -0.2) is 18.4 Å². The first-order valence-corrected chi connectivity index (χ1v) is 17.9. The van der Waals surface area contributed by atoms with E-state index in [1.165, 1.54) is 18.6 Å². The van der Waals surface area contributed by atoms with Crippen molar-refractivity contribution in [2.45, 2.75) is 66.0 Å². The highest BCUT2D eigenvalue weighted by molar-refractivity contribution is 7.53. The van der Waals surface area contributed by atoms with E-state index in [-0.39, 0.29) is 37.6 Å². The van der Waals surface area contributed by atoms with E-state index < -0.39 is 103 Å². The molecule has 1 amide bonds. The lowest BCUT2D eigenvalue weighted by Gasteiger charge is -2.40. The van der Waals surface area contributed by atoms with Crippen LogP contribution in [0.25, 0.3) is 0 Å². The predicted octanol–water partition coefficient (Wildman–Crippen LogP) is 4.56. The van der Waals surface area contributed by atoms with Gasteiger partial charge < -0.3 is 43.0 Å². The minimum absolute atomic E-state index is 0.0241. The van der Waals surface area contributed by atoms with Gasteiger partial charge in [0, 0.05) is 31.5 Å². The maximum atomic E-state index is 14.1. The number of ether oxygens (including phenoxy) is 7. The number of rotatable bonds is 18. The van der Waals surface area contributed by atoms with Crippen molar-refractivity contribution in [2.75, 3.05) is 47.2 Å². The molecule has 0 fully saturated rings. The average Bonchev–Trinajstić information content (AvgIpc) is 3.07. The van der Waals surface area contributed by atoms with Crippen LogP contribution in [0, 0.1) is 17.0 Å². The molecule has 20 heteroatoms. The third-order valence-corrected chi connectivity index (χ3v) is 9.39. The van der Waals surface area contributed by atoms with Crippen molar-refractivity contribution in [3.05, 3.63) is 63.1 Å². The fourth-order valence-corrected chi connectivity index (χ4v) is 6.10. The monoisotopic (exact) mass is 776 g/mol. The lowest BCUT2D eigenvalue weighted by Crippen LogP contribution is -2.52. The van der Waals surface area contributed by atoms with Crippen LogP contribution in [-0.4, -0.2) is 94.1 Å². The van der Waals surface area contributed by atoms with Crippen LogP contribution in [0.15, 0.2) is 29.2 Å². The largest absolute Gasteiger partial charge is 0.510 e. The third kappa shape index (κ3) is 11.5. The molecule has 2 unspecified atom stereocenters. The Labute approximate surface area is 303 Å². The minimum atomic E-state index is -4.20. The fraction of sp³-hybridized carbons (Fsp3) is 0.545. The van der Waals surface area contributed by atoms with Crippen LogP contribution in [-0.2, 0) is 55.1 Å². The van der Waals surface area contributed by atoms with Crippen molar-refractivity contribution < 1.29 is 74.7 Å². The second-order valence-corrected chi connectivity index (χ2v) is 14.5. The van der Waals surface area contributed by atoms with Gasteiger partial charge in [-0.1, -0.05) is 6.07 Å². The summed E-state index contributed by atoms with van der Waals surface area (Å²) >= 11 is 0. The fourth-order valence-electron chi connectivity index (χ4n) is 4.98. The Morgan fingerprint density at radius 2 is 1.60 bits per heavy atom. The molecule has 0 spiro atoms. The number of hydrogen-bond donors (Lipinski definition) is 1. The SMILES string of the molecule is COc1c2n(cc(C(=O)NCc3ccc(F)cc3F)c1=O)CC(OC)C(C)(COCCP(=O)(OCOC(=O)OC(C)C)OCOC(=O)OC(C)C)C2=O. The summed E-state index contributed by atoms with van der Waals surface area (Å²) in [5.41, 5.74) is -2.99. The molecule has 1 N–H and O–H groups in total. The molecule has 0 bridgehead atoms. The van der Waals surface area contributed by atoms with Crippen LogP contribution in [0.2, 0.25) is 0 Å². The molecule has 1 aromatic carbocycles. The Balaban J connectivity index is 1.75. The lowest BCUT2D eigenvalue weighted by molar-refractivity contribution is -0.0525. The molecule has 0 saturated heterocycles. The highest BCUT2D eigenvalue weighted by Crippen LogP contribution is 2.48. The van der Waals surface area contributed by atoms with Gasteiger partial charge in [0.2, 0.25) is 19.0 Å². The zero-order chi connectivity index (χ0) is 39.5. The van der Waals surface area contributed by atoms with Crippen LogP contribution in [0.3, 0.4) is 0 Å². The normalized spacial score (nSPS) is 17.0. The van der Waals surface area contributed by atoms with E-state index in [1.807, 2.05) is 0 Å². The van der Waals surface area contributed by atoms with Gasteiger partial charge in [-0.05, 0) is 40.7 Å². The third-order valence-electron chi connectivity index (χ3n) is 7.66. The quantitative estimate of drug-likeness (QED) is 0.0954. The molecular formula is C33H43F2N2O15P. The summed E-state index contributed by atoms with van der Waals surface area (Å²) in [5, 5.41) is 2.41. The maximum Gasteiger partial charge on any atom is 0.510 e. The summed E-state index contributed by atoms with van der Waals surface area (Å²) in [4.78, 5) is 64.0. The number of pyridine rings is 1. The van der Waals surface area contributed by atoms with Crippen LogP contribution in [0.5, 0.6) is 5.75 Å². The number of benzene rings is 1. The number of nitrogens with one attached hydrogen (secondary N) is 1. The molecular weight excluding hydrogens is 733 g/mol. The van der Waals surface area contributed by atoms with Gasteiger partial charge in [-0.2, -0.15) is 0 Å². The summed E-state index contributed by atoms with van der Waals surface area (Å²) in [6.07, 6.45) is -3.41. The molecule has 2 heterocycles. The van der Waals surface area contributed by atoms with E-state index in [0.717, 1.165) is 25.4 Å². The van der Waals surface area contributed by atoms with E-state index in [2.05, 4.69) is 5.32 Å². The Hall–Kier alpha value is -4.42. The second kappa shape index (κ2) is 19.1. The Morgan fingerprint density at radius 3 is 2.13 bits per heavy atom. The van der Waals surface area contributed by atoms with E-state index in [4.69, 9.17) is 42.2 Å². The highest BCUT2D eigenvalue weighted by atomic mass is 31.2. The van der Waals surface area contributed by atoms with Crippen molar-refractivity contribution >= 4 is 31.6 Å². The van der Waals surface area contributed by atoms with Gasteiger partial charge in [0.1, 0.15) is 22.9 Å². The van der Waals surface area contributed by atoms with Crippen LogP contribution < -0.4 is 15.5 Å². The first kappa shape index (κ1) is 43.0. The first-order chi connectivity index (χ1) is 24.9. The van der Waals surface area contributed by atoms with Crippen molar-refractivity contribution in [3.8, 4) is 5.75 Å². The number of aromatic nitrogens is 1. The molecule has 0 aliphatic carbocycles. The average molecular weight is 777 g/mol. The van der Waals surface area contributed by atoms with E-state index in [0.29, 0.717) is 6.07 Å². The standard InChI is InChI=1S/C33H43F2N2O15P/c1-19(2)51-31(41)47-17-49-53(43,50-18-48-32(42)52-20(3)4)11-10-46-16-33(5)25(44-6)15-37-14-23(27(38)28(45-7)26(37)29(33)39)30(40)36-13-21-8-9-22(34)12-24(21)35/h8-9,12,14,19-20,25H,10-11,13,15-18H2,1-7H3,(H,36,40). The molecule has 2 aromatic rings. The van der Waals surface area contributed by atoms with Gasteiger partial charge in [-0.3, -0.25) is 28.0 Å². The van der Waals surface area contributed by atoms with Crippen molar-refractivity contribution in [1.29, 1.82) is 0 Å². The van der Waals surface area contributed by atoms with Crippen molar-refractivity contribution in [2.24, 2.45) is 5.41 Å². The maximum absolute atomic E-state index is 14.1. The van der Waals surface area contributed by atoms with Gasteiger partial charge in [-0.15, -0.1) is 0 Å². The number of hydrogen-bond acceptors (Lipinski definition) is 15. The van der Waals surface area contributed by atoms with E-state index in [9.17, 15) is 37.3 Å². The number of carbonyl (C=O) groups is 4. The smallest absolute Gasteiger partial charge is 0.491 e. The summed E-state index contributed by atoms with van der Waals surface area (Å²) in [5.74, 6) is -3.67. The lowest BCUT2D eigenvalue weighted by atomic mass is 9.76. The van der Waals surface area contributed by atoms with Crippen LogP contribution >= 0.6 is 7.60 Å². The molecule has 0 radical (unpaired) electrons. The van der Waals surface area contributed by atoms with Gasteiger partial charge in [0.15, 0.2) is 11.5 Å². The van der Waals surface area contributed by atoms with Gasteiger partial charge in [0.05, 0.1) is 56.8 Å². The molecule has 2 atom stereocenters. The van der Waals surface area contributed by atoms with Gasteiger partial charge in [0.25, 0.3) is 5.91 Å².